The van der Waals surface area contributed by atoms with E-state index >= 15 is 0 Å². The van der Waals surface area contributed by atoms with Crippen molar-refractivity contribution < 1.29 is 4.57 Å². The zero-order valence-electron chi connectivity index (χ0n) is 8.22. The Balaban J connectivity index is 2.24. The number of aryl methyl sites for hydroxylation is 1. The molecular formula is C12H13N2+. The summed E-state index contributed by atoms with van der Waals surface area (Å²) in [5, 5.41) is 0. The van der Waals surface area contributed by atoms with Gasteiger partial charge in [0.05, 0.1) is 12.4 Å². The molecule has 0 aliphatic heterocycles. The lowest BCUT2D eigenvalue weighted by atomic mass is 10.1. The first-order chi connectivity index (χ1) is 6.86. The first-order valence-corrected chi connectivity index (χ1v) is 4.70. The molecule has 1 aromatic heterocycles. The zero-order chi connectivity index (χ0) is 9.80. The number of aromatic nitrogens is 2. The van der Waals surface area contributed by atoms with Crippen LogP contribution < -0.4 is 4.57 Å². The summed E-state index contributed by atoms with van der Waals surface area (Å²) in [4.78, 5) is 3.99. The first kappa shape index (κ1) is 8.88. The van der Waals surface area contributed by atoms with Gasteiger partial charge in [0.15, 0.2) is 18.9 Å². The van der Waals surface area contributed by atoms with Crippen LogP contribution in [-0.2, 0) is 6.54 Å². The molecule has 0 radical (unpaired) electrons. The fourth-order valence-corrected chi connectivity index (χ4v) is 1.44. The molecule has 0 aliphatic rings. The smallest absolute Gasteiger partial charge is 0.187 e. The van der Waals surface area contributed by atoms with Crippen molar-refractivity contribution in [1.82, 2.24) is 4.98 Å². The number of hydrogen-bond acceptors (Lipinski definition) is 1. The van der Waals surface area contributed by atoms with Gasteiger partial charge in [-0.15, -0.1) is 0 Å². The Kier molecular flexibility index (Phi) is 2.54. The van der Waals surface area contributed by atoms with Crippen LogP contribution in [0, 0.1) is 6.92 Å². The van der Waals surface area contributed by atoms with Gasteiger partial charge in [0.2, 0.25) is 0 Å². The molecule has 0 unspecified atom stereocenters. The summed E-state index contributed by atoms with van der Waals surface area (Å²) in [5.74, 6) is 0. The quantitative estimate of drug-likeness (QED) is 0.651. The van der Waals surface area contributed by atoms with Gasteiger partial charge < -0.3 is 0 Å². The van der Waals surface area contributed by atoms with E-state index in [2.05, 4.69) is 40.7 Å². The van der Waals surface area contributed by atoms with E-state index < -0.39 is 0 Å². The molecule has 0 saturated heterocycles. The molecule has 0 atom stereocenters. The third-order valence-electron chi connectivity index (χ3n) is 2.30. The lowest BCUT2D eigenvalue weighted by Crippen LogP contribution is -2.33. The van der Waals surface area contributed by atoms with Gasteiger partial charge in [-0.2, -0.15) is 4.57 Å². The first-order valence-electron chi connectivity index (χ1n) is 4.70. The van der Waals surface area contributed by atoms with Gasteiger partial charge in [-0.05, 0) is 12.5 Å². The molecule has 0 amide bonds. The number of hydrogen-bond donors (Lipinski definition) is 0. The molecule has 0 saturated carbocycles. The number of nitrogens with zero attached hydrogens (tertiary/aromatic N) is 2. The lowest BCUT2D eigenvalue weighted by Gasteiger charge is -2.00. The summed E-state index contributed by atoms with van der Waals surface area (Å²) in [6.07, 6.45) is 7.56. The van der Waals surface area contributed by atoms with Crippen molar-refractivity contribution in [3.05, 3.63) is 60.2 Å². The minimum Gasteiger partial charge on any atom is -0.252 e. The van der Waals surface area contributed by atoms with Crippen molar-refractivity contribution >= 4 is 0 Å². The molecule has 0 N–H and O–H groups in total. The van der Waals surface area contributed by atoms with Crippen LogP contribution in [0.2, 0.25) is 0 Å². The second-order valence-electron chi connectivity index (χ2n) is 3.34. The normalized spacial score (nSPS) is 10.1. The zero-order valence-corrected chi connectivity index (χ0v) is 8.22. The van der Waals surface area contributed by atoms with Gasteiger partial charge in [0.25, 0.3) is 0 Å². The molecule has 1 heterocycles. The maximum Gasteiger partial charge on any atom is 0.187 e. The summed E-state index contributed by atoms with van der Waals surface area (Å²) < 4.78 is 2.12. The van der Waals surface area contributed by atoms with Crippen LogP contribution in [-0.4, -0.2) is 4.98 Å². The van der Waals surface area contributed by atoms with Gasteiger partial charge in [-0.1, -0.05) is 24.3 Å². The third kappa shape index (κ3) is 1.96. The molecule has 0 aliphatic carbocycles. The number of rotatable bonds is 2. The maximum absolute atomic E-state index is 3.99. The van der Waals surface area contributed by atoms with E-state index in [1.54, 1.807) is 12.4 Å². The highest BCUT2D eigenvalue weighted by Gasteiger charge is 2.02. The molecular weight excluding hydrogens is 172 g/mol. The molecule has 2 nitrogen and oxygen atoms in total. The van der Waals surface area contributed by atoms with Crippen LogP contribution >= 0.6 is 0 Å². The van der Waals surface area contributed by atoms with Crippen LogP contribution in [0.25, 0.3) is 0 Å². The van der Waals surface area contributed by atoms with Crippen LogP contribution in [0.5, 0.6) is 0 Å². The second kappa shape index (κ2) is 4.01. The molecule has 0 fully saturated rings. The second-order valence-corrected chi connectivity index (χ2v) is 3.34. The van der Waals surface area contributed by atoms with E-state index in [0.717, 1.165) is 6.54 Å². The highest BCUT2D eigenvalue weighted by Crippen LogP contribution is 2.05. The summed E-state index contributed by atoms with van der Waals surface area (Å²) in [6, 6.07) is 8.43. The monoisotopic (exact) mass is 185 g/mol. The summed E-state index contributed by atoms with van der Waals surface area (Å²) in [7, 11) is 0. The topological polar surface area (TPSA) is 16.8 Å². The Morgan fingerprint density at radius 3 is 2.57 bits per heavy atom. The SMILES string of the molecule is Cc1ccccc1C[n+]1ccncc1. The van der Waals surface area contributed by atoms with Crippen molar-refractivity contribution in [2.45, 2.75) is 13.5 Å². The average Bonchev–Trinajstić information content (AvgIpc) is 2.23. The fourth-order valence-electron chi connectivity index (χ4n) is 1.44. The van der Waals surface area contributed by atoms with Gasteiger partial charge in [-0.3, -0.25) is 4.98 Å². The summed E-state index contributed by atoms with van der Waals surface area (Å²) >= 11 is 0. The molecule has 2 aromatic rings. The highest BCUT2D eigenvalue weighted by molar-refractivity contribution is 5.24. The molecule has 2 rings (SSSR count). The van der Waals surface area contributed by atoms with E-state index in [0.29, 0.717) is 0 Å². The van der Waals surface area contributed by atoms with Crippen molar-refractivity contribution in [1.29, 1.82) is 0 Å². The van der Waals surface area contributed by atoms with E-state index in [1.165, 1.54) is 11.1 Å². The van der Waals surface area contributed by atoms with Crippen molar-refractivity contribution in [2.24, 2.45) is 0 Å². The Morgan fingerprint density at radius 2 is 1.86 bits per heavy atom. The largest absolute Gasteiger partial charge is 0.252 e. The maximum atomic E-state index is 3.99. The third-order valence-corrected chi connectivity index (χ3v) is 2.30. The van der Waals surface area contributed by atoms with Crippen LogP contribution in [0.3, 0.4) is 0 Å². The number of benzene rings is 1. The van der Waals surface area contributed by atoms with Gasteiger partial charge in [-0.25, -0.2) is 0 Å². The Bertz CT molecular complexity index is 410. The highest BCUT2D eigenvalue weighted by atomic mass is 14.9. The summed E-state index contributed by atoms with van der Waals surface area (Å²) in [5.41, 5.74) is 2.68. The lowest BCUT2D eigenvalue weighted by molar-refractivity contribution is -0.688. The van der Waals surface area contributed by atoms with Crippen LogP contribution in [0.1, 0.15) is 11.1 Å². The van der Waals surface area contributed by atoms with Crippen LogP contribution in [0.4, 0.5) is 0 Å². The molecule has 70 valence electrons. The fraction of sp³-hybridized carbons (Fsp3) is 0.167. The summed E-state index contributed by atoms with van der Waals surface area (Å²) in [6.45, 7) is 3.05. The molecule has 0 bridgehead atoms. The molecule has 0 spiro atoms. The van der Waals surface area contributed by atoms with Gasteiger partial charge >= 0.3 is 0 Å². The van der Waals surface area contributed by atoms with Crippen molar-refractivity contribution in [3.8, 4) is 0 Å². The van der Waals surface area contributed by atoms with Gasteiger partial charge in [0, 0.05) is 5.56 Å². The minimum absolute atomic E-state index is 0.912. The predicted octanol–water partition coefficient (Wildman–Crippen LogP) is 1.73. The predicted molar refractivity (Wildman–Crippen MR) is 54.7 cm³/mol. The van der Waals surface area contributed by atoms with Gasteiger partial charge in [0.1, 0.15) is 0 Å². The molecule has 14 heavy (non-hydrogen) atoms. The van der Waals surface area contributed by atoms with Crippen LogP contribution in [0.15, 0.2) is 49.1 Å². The minimum atomic E-state index is 0.912. The van der Waals surface area contributed by atoms with Crippen molar-refractivity contribution in [2.75, 3.05) is 0 Å². The Morgan fingerprint density at radius 1 is 1.14 bits per heavy atom. The molecule has 1 aromatic carbocycles. The van der Waals surface area contributed by atoms with E-state index in [-0.39, 0.29) is 0 Å². The Labute approximate surface area is 83.9 Å². The molecule has 2 heteroatoms. The standard InChI is InChI=1S/C12H13N2/c1-11-4-2-3-5-12(11)10-14-8-6-13-7-9-14/h2-9H,10H2,1H3/q+1. The average molecular weight is 185 g/mol. The van der Waals surface area contributed by atoms with E-state index in [9.17, 15) is 0 Å². The Hall–Kier alpha value is -1.70. The van der Waals surface area contributed by atoms with E-state index in [4.69, 9.17) is 0 Å². The van der Waals surface area contributed by atoms with E-state index in [1.807, 2.05) is 12.4 Å². The van der Waals surface area contributed by atoms with Crippen molar-refractivity contribution in [3.63, 3.8) is 0 Å².